The lowest BCUT2D eigenvalue weighted by atomic mass is 9.52. The van der Waals surface area contributed by atoms with Crippen molar-refractivity contribution in [3.8, 4) is 23.0 Å². The van der Waals surface area contributed by atoms with Gasteiger partial charge in [0.25, 0.3) is 0 Å². The van der Waals surface area contributed by atoms with Crippen LogP contribution in [0.3, 0.4) is 0 Å². The van der Waals surface area contributed by atoms with Crippen molar-refractivity contribution in [2.24, 2.45) is 23.7 Å². The second kappa shape index (κ2) is 22.2. The van der Waals surface area contributed by atoms with Gasteiger partial charge < -0.3 is 38.5 Å². The summed E-state index contributed by atoms with van der Waals surface area (Å²) in [7, 11) is 8.03. The summed E-state index contributed by atoms with van der Waals surface area (Å²) in [5.41, 5.74) is 13.1. The van der Waals surface area contributed by atoms with Crippen molar-refractivity contribution >= 4 is 0 Å². The summed E-state index contributed by atoms with van der Waals surface area (Å²) >= 11 is 0. The zero-order valence-electron chi connectivity index (χ0n) is 56.3. The zero-order chi connectivity index (χ0) is 60.5. The standard InChI is InChI=1S/4C18H25NO/c4*1-19-10-9-18-8-4-3-5-15(18)17(19)11-13-6-7-14(20-2)12-16(13)18/h4*6-7,12,15,17H,3-5,8-11H2,1-2H3/t4*15?,17-,18-/m0000/s1/i2D;1D3;1D2;1D. The number of hydrogen-bond acceptors (Lipinski definition) is 8. The minimum atomic E-state index is -1.97. The molecule has 0 spiro atoms. The molecule has 4 aromatic carbocycles. The maximum atomic E-state index is 7.94. The van der Waals surface area contributed by atoms with E-state index in [-0.39, 0.29) is 24.0 Å². The van der Waals surface area contributed by atoms with Gasteiger partial charge in [0.15, 0.2) is 0 Å². The summed E-state index contributed by atoms with van der Waals surface area (Å²) < 4.78 is 76.7. The van der Waals surface area contributed by atoms with Crippen molar-refractivity contribution in [1.29, 1.82) is 0 Å². The SMILES string of the molecule is [2H]C([2H])([2H])N1CC[C@@]23CCCCC2[C@@H]1Cc1ccc(OC)cc13.[2H]C([2H])N1CC[C@@]23CCCCC2[C@@H]1Cc1ccc(OC)cc13.[2H]CN1CC[C@@]23CCCCC2[C@@H]1Cc1ccc(OC)cc13.[2H]COc1ccc2c(c1)[C@]13CCCCC1[C@H](C2)N(C)CC3. The van der Waals surface area contributed by atoms with E-state index in [1.54, 1.807) is 32.5 Å². The molecule has 0 radical (unpaired) electrons. The van der Waals surface area contributed by atoms with Gasteiger partial charge >= 0.3 is 0 Å². The third-order valence-electron chi connectivity index (χ3n) is 24.5. The maximum absolute atomic E-state index is 7.94. The first-order valence-corrected chi connectivity index (χ1v) is 31.8. The molecule has 4 aliphatic heterocycles. The van der Waals surface area contributed by atoms with E-state index in [0.717, 1.165) is 92.5 Å². The number of fused-ring (bicyclic) bond motifs is 4. The van der Waals surface area contributed by atoms with E-state index in [2.05, 4.69) is 88.5 Å². The van der Waals surface area contributed by atoms with Gasteiger partial charge in [0.05, 0.1) is 29.8 Å². The van der Waals surface area contributed by atoms with Gasteiger partial charge in [0, 0.05) is 54.1 Å². The van der Waals surface area contributed by atoms with E-state index in [1.807, 2.05) is 11.0 Å². The first kappa shape index (κ1) is 47.3. The molecule has 8 nitrogen and oxygen atoms in total. The summed E-state index contributed by atoms with van der Waals surface area (Å²) in [6, 6.07) is 28.2. The fraction of sp³-hybridized carbons (Fsp3) is 0.667. The highest BCUT2D eigenvalue weighted by Crippen LogP contribution is 2.60. The third-order valence-corrected chi connectivity index (χ3v) is 24.5. The number of benzene rings is 4. The Morgan fingerprint density at radius 2 is 0.713 bits per heavy atom. The molecule has 8 fully saturated rings. The number of piperidine rings is 4. The van der Waals surface area contributed by atoms with E-state index < -0.39 is 14.0 Å². The van der Waals surface area contributed by atoms with Crippen molar-refractivity contribution in [2.75, 3.05) is 82.6 Å². The number of nitrogens with zero attached hydrogens (tertiary/aromatic N) is 4. The molecule has 4 saturated carbocycles. The van der Waals surface area contributed by atoms with Crippen LogP contribution in [-0.2, 0) is 47.3 Å². The fourth-order valence-corrected chi connectivity index (χ4v) is 20.7. The van der Waals surface area contributed by atoms with Crippen molar-refractivity contribution in [3.63, 3.8) is 0 Å². The number of likely N-dealkylation sites (tertiary alicyclic amines) is 4. The zero-order valence-corrected chi connectivity index (χ0v) is 49.3. The topological polar surface area (TPSA) is 49.9 Å². The highest BCUT2D eigenvalue weighted by Gasteiger charge is 2.57. The number of ether oxygens (including phenoxy) is 4. The van der Waals surface area contributed by atoms with Crippen LogP contribution in [-0.4, -0.2) is 126 Å². The minimum absolute atomic E-state index is 0.0145. The van der Waals surface area contributed by atoms with E-state index >= 15 is 0 Å². The Balaban J connectivity index is 0.000000107. The normalized spacial score (nSPS) is 37.5. The van der Waals surface area contributed by atoms with Gasteiger partial charge in [-0.15, -0.1) is 0 Å². The van der Waals surface area contributed by atoms with Gasteiger partial charge in [0.1, 0.15) is 23.0 Å². The largest absolute Gasteiger partial charge is 0.497 e. The van der Waals surface area contributed by atoms with Crippen molar-refractivity contribution < 1.29 is 28.5 Å². The summed E-state index contributed by atoms with van der Waals surface area (Å²) in [4.78, 5) is 8.96. The van der Waals surface area contributed by atoms with Gasteiger partial charge in [-0.3, -0.25) is 0 Å². The Bertz CT molecular complexity index is 3090. The average molecular weight is 1090 g/mol. The van der Waals surface area contributed by atoms with Crippen LogP contribution in [0.2, 0.25) is 0 Å². The van der Waals surface area contributed by atoms with Gasteiger partial charge in [-0.2, -0.15) is 0 Å². The molecule has 0 N–H and O–H groups in total. The summed E-state index contributed by atoms with van der Waals surface area (Å²) in [5, 5.41) is 0. The van der Waals surface area contributed by atoms with Crippen LogP contribution in [0.5, 0.6) is 23.0 Å². The summed E-state index contributed by atoms with van der Waals surface area (Å²) in [6.45, 7) is 1.11. The summed E-state index contributed by atoms with van der Waals surface area (Å²) in [6.07, 6.45) is 29.7. The number of rotatable bonds is 4. The average Bonchev–Trinajstić information content (AvgIpc) is 0.786. The molecule has 0 amide bonds. The van der Waals surface area contributed by atoms with Crippen LogP contribution in [0, 0.1) is 23.7 Å². The van der Waals surface area contributed by atoms with E-state index in [0.29, 0.717) is 48.3 Å². The monoisotopic (exact) mass is 1090 g/mol. The molecule has 4 heterocycles. The van der Waals surface area contributed by atoms with Gasteiger partial charge in [-0.05, 0) is 274 Å². The predicted octanol–water partition coefficient (Wildman–Crippen LogP) is 13.5. The predicted molar refractivity (Wildman–Crippen MR) is 325 cm³/mol. The number of likely N-dealkylation sites (N-methyl/N-ethyl adjacent to an activating group) is 4. The molecular formula is C72H100N4O4. The fourth-order valence-electron chi connectivity index (χ4n) is 20.7. The van der Waals surface area contributed by atoms with E-state index in [4.69, 9.17) is 28.5 Å². The highest BCUT2D eigenvalue weighted by molar-refractivity contribution is 5.49. The smallest absolute Gasteiger partial charge is 0.119 e. The molecule has 12 aliphatic rings. The lowest BCUT2D eigenvalue weighted by molar-refractivity contribution is 0.00272. The van der Waals surface area contributed by atoms with Crippen LogP contribution < -0.4 is 18.9 Å². The molecule has 432 valence electrons. The molecule has 8 aliphatic carbocycles. The van der Waals surface area contributed by atoms with Gasteiger partial charge in [-0.1, -0.05) is 75.6 Å². The van der Waals surface area contributed by atoms with Crippen molar-refractivity contribution in [2.45, 2.75) is 200 Å². The molecular weight excluding hydrogens is 985 g/mol. The third kappa shape index (κ3) is 9.09. The highest BCUT2D eigenvalue weighted by atomic mass is 16.5. The lowest BCUT2D eigenvalue weighted by Gasteiger charge is -2.58. The van der Waals surface area contributed by atoms with Crippen molar-refractivity contribution in [1.82, 2.24) is 19.6 Å². The van der Waals surface area contributed by atoms with Gasteiger partial charge in [0.2, 0.25) is 0 Å². The molecule has 4 unspecified atom stereocenters. The van der Waals surface area contributed by atoms with Crippen LogP contribution in [0.15, 0.2) is 72.8 Å². The second-order valence-electron chi connectivity index (χ2n) is 27.4. The van der Waals surface area contributed by atoms with Crippen molar-refractivity contribution in [3.05, 3.63) is 117 Å². The van der Waals surface area contributed by atoms with Crippen LogP contribution in [0.4, 0.5) is 0 Å². The Morgan fingerprint density at radius 3 is 1.06 bits per heavy atom. The molecule has 8 bridgehead atoms. The van der Waals surface area contributed by atoms with E-state index in [1.165, 1.54) is 156 Å². The van der Waals surface area contributed by atoms with Crippen LogP contribution in [0.25, 0.3) is 0 Å². The molecule has 80 heavy (non-hydrogen) atoms. The minimum Gasteiger partial charge on any atom is -0.497 e. The van der Waals surface area contributed by atoms with Crippen LogP contribution in [0.1, 0.15) is 183 Å². The molecule has 12 atom stereocenters. The maximum Gasteiger partial charge on any atom is 0.119 e. The molecule has 16 rings (SSSR count). The first-order chi connectivity index (χ1) is 42.1. The number of methoxy groups -OCH3 is 4. The summed E-state index contributed by atoms with van der Waals surface area (Å²) in [5.74, 6) is 6.47. The van der Waals surface area contributed by atoms with E-state index in [9.17, 15) is 0 Å². The van der Waals surface area contributed by atoms with Crippen LogP contribution >= 0.6 is 0 Å². The number of hydrogen-bond donors (Lipinski definition) is 0. The Kier molecular flexibility index (Phi) is 13.1. The Labute approximate surface area is 492 Å². The molecule has 4 aromatic rings. The second-order valence-corrected chi connectivity index (χ2v) is 27.4. The Morgan fingerprint density at radius 1 is 0.388 bits per heavy atom. The first-order valence-electron chi connectivity index (χ1n) is 35.9. The Hall–Kier alpha value is -4.08. The molecule has 4 saturated heterocycles. The lowest BCUT2D eigenvalue weighted by Crippen LogP contribution is -2.59. The van der Waals surface area contributed by atoms with Gasteiger partial charge in [-0.25, -0.2) is 0 Å². The molecule has 0 aromatic heterocycles. The molecule has 8 heteroatoms. The quantitative estimate of drug-likeness (QED) is 0.200.